The van der Waals surface area contributed by atoms with Gasteiger partial charge in [0.2, 0.25) is 0 Å². The maximum atomic E-state index is 6.63. The molecule has 170 valence electrons. The summed E-state index contributed by atoms with van der Waals surface area (Å²) in [6.07, 6.45) is 0.969. The lowest BCUT2D eigenvalue weighted by Crippen LogP contribution is -2.38. The molecule has 0 amide bonds. The number of ether oxygens (including phenoxy) is 3. The molecule has 1 fully saturated rings. The maximum Gasteiger partial charge on any atom is 0.172 e. The van der Waals surface area contributed by atoms with Crippen molar-refractivity contribution in [2.24, 2.45) is 0 Å². The number of para-hydroxylation sites is 2. The Labute approximate surface area is 193 Å². The average molecular weight is 457 g/mol. The Kier molecular flexibility index (Phi) is 7.63. The molecule has 2 heterocycles. The van der Waals surface area contributed by atoms with Crippen molar-refractivity contribution in [3.63, 3.8) is 0 Å². The quantitative estimate of drug-likeness (QED) is 0.481. The molecule has 0 N–H and O–H groups in total. The highest BCUT2D eigenvalue weighted by Gasteiger charge is 2.19. The first-order valence-electron chi connectivity index (χ1n) is 10.9. The van der Waals surface area contributed by atoms with E-state index in [9.17, 15) is 0 Å². The standard InChI is InChI=1S/C24H29ClN4O3/c1-30-19-8-9-22(31-2)18(16-19)17-29(11-5-10-28-12-14-32-15-13-28)24-23(25)26-20-6-3-4-7-21(20)27-24/h3-4,6-9,16H,5,10-15,17H2,1-2H3. The first-order valence-corrected chi connectivity index (χ1v) is 11.2. The Hall–Kier alpha value is -2.61. The number of nitrogens with zero attached hydrogens (tertiary/aromatic N) is 4. The zero-order valence-electron chi connectivity index (χ0n) is 18.6. The van der Waals surface area contributed by atoms with E-state index in [1.165, 1.54) is 0 Å². The van der Waals surface area contributed by atoms with Crippen molar-refractivity contribution in [3.8, 4) is 11.5 Å². The van der Waals surface area contributed by atoms with Gasteiger partial charge in [0.1, 0.15) is 11.5 Å². The number of rotatable bonds is 9. The van der Waals surface area contributed by atoms with Gasteiger partial charge in [-0.1, -0.05) is 23.7 Å². The predicted octanol–water partition coefficient (Wildman–Crippen LogP) is 4.03. The molecular formula is C24H29ClN4O3. The number of aromatic nitrogens is 2. The normalized spacial score (nSPS) is 14.5. The molecule has 1 saturated heterocycles. The Balaban J connectivity index is 1.61. The number of halogens is 1. The van der Waals surface area contributed by atoms with Crippen LogP contribution in [0.5, 0.6) is 11.5 Å². The minimum atomic E-state index is 0.400. The van der Waals surface area contributed by atoms with Gasteiger partial charge >= 0.3 is 0 Å². The summed E-state index contributed by atoms with van der Waals surface area (Å²) >= 11 is 6.63. The van der Waals surface area contributed by atoms with Crippen molar-refractivity contribution in [2.45, 2.75) is 13.0 Å². The van der Waals surface area contributed by atoms with Crippen LogP contribution in [-0.2, 0) is 11.3 Å². The van der Waals surface area contributed by atoms with Gasteiger partial charge in [0.25, 0.3) is 0 Å². The third-order valence-corrected chi connectivity index (χ3v) is 5.92. The highest BCUT2D eigenvalue weighted by Crippen LogP contribution is 2.30. The monoisotopic (exact) mass is 456 g/mol. The minimum absolute atomic E-state index is 0.400. The van der Waals surface area contributed by atoms with E-state index in [4.69, 9.17) is 30.8 Å². The highest BCUT2D eigenvalue weighted by atomic mass is 35.5. The second-order valence-electron chi connectivity index (χ2n) is 7.73. The topological polar surface area (TPSA) is 60.0 Å². The van der Waals surface area contributed by atoms with E-state index in [2.05, 4.69) is 14.8 Å². The summed E-state index contributed by atoms with van der Waals surface area (Å²) in [5.74, 6) is 2.26. The fourth-order valence-corrected chi connectivity index (χ4v) is 4.20. The number of benzene rings is 2. The van der Waals surface area contributed by atoms with Crippen LogP contribution in [-0.4, -0.2) is 68.5 Å². The zero-order chi connectivity index (χ0) is 22.3. The zero-order valence-corrected chi connectivity index (χ0v) is 19.3. The Morgan fingerprint density at radius 3 is 2.50 bits per heavy atom. The van der Waals surface area contributed by atoms with Gasteiger partial charge in [-0.15, -0.1) is 0 Å². The maximum absolute atomic E-state index is 6.63. The van der Waals surface area contributed by atoms with Gasteiger partial charge in [-0.25, -0.2) is 9.97 Å². The smallest absolute Gasteiger partial charge is 0.172 e. The summed E-state index contributed by atoms with van der Waals surface area (Å²) in [4.78, 5) is 14.1. The molecule has 0 spiro atoms. The van der Waals surface area contributed by atoms with E-state index in [-0.39, 0.29) is 0 Å². The van der Waals surface area contributed by atoms with Gasteiger partial charge in [0, 0.05) is 38.3 Å². The van der Waals surface area contributed by atoms with E-state index in [1.807, 2.05) is 42.5 Å². The molecule has 8 heteroatoms. The SMILES string of the molecule is COc1ccc(OC)c(CN(CCCN2CCOCC2)c2nc3ccccc3nc2Cl)c1. The molecule has 1 aromatic heterocycles. The Morgan fingerprint density at radius 1 is 1.03 bits per heavy atom. The van der Waals surface area contributed by atoms with Crippen molar-refractivity contribution in [1.29, 1.82) is 0 Å². The molecule has 3 aromatic rings. The van der Waals surface area contributed by atoms with E-state index >= 15 is 0 Å². The molecule has 32 heavy (non-hydrogen) atoms. The average Bonchev–Trinajstić information content (AvgIpc) is 2.83. The molecular weight excluding hydrogens is 428 g/mol. The van der Waals surface area contributed by atoms with Crippen molar-refractivity contribution in [3.05, 3.63) is 53.2 Å². The van der Waals surface area contributed by atoms with Crippen LogP contribution in [0.3, 0.4) is 0 Å². The third-order valence-electron chi connectivity index (χ3n) is 5.67. The van der Waals surface area contributed by atoms with Gasteiger partial charge in [0.05, 0.1) is 38.5 Å². The number of hydrogen-bond acceptors (Lipinski definition) is 7. The van der Waals surface area contributed by atoms with E-state index in [1.54, 1.807) is 14.2 Å². The molecule has 1 aliphatic heterocycles. The second kappa shape index (κ2) is 10.8. The molecule has 0 atom stereocenters. The number of anilines is 1. The molecule has 0 unspecified atom stereocenters. The fraction of sp³-hybridized carbons (Fsp3) is 0.417. The predicted molar refractivity (Wildman–Crippen MR) is 127 cm³/mol. The molecule has 1 aliphatic rings. The number of methoxy groups -OCH3 is 2. The summed E-state index contributed by atoms with van der Waals surface area (Å²) in [5.41, 5.74) is 2.61. The van der Waals surface area contributed by atoms with Crippen LogP contribution >= 0.6 is 11.6 Å². The Morgan fingerprint density at radius 2 is 1.78 bits per heavy atom. The fourth-order valence-electron chi connectivity index (χ4n) is 3.95. The molecule has 0 saturated carbocycles. The molecule has 0 radical (unpaired) electrons. The minimum Gasteiger partial charge on any atom is -0.497 e. The van der Waals surface area contributed by atoms with Gasteiger partial charge in [0.15, 0.2) is 11.0 Å². The summed E-state index contributed by atoms with van der Waals surface area (Å²) in [5, 5.41) is 0.400. The highest BCUT2D eigenvalue weighted by molar-refractivity contribution is 6.32. The van der Waals surface area contributed by atoms with Gasteiger partial charge in [-0.3, -0.25) is 4.90 Å². The summed E-state index contributed by atoms with van der Waals surface area (Å²) in [6.45, 7) is 5.90. The lowest BCUT2D eigenvalue weighted by Gasteiger charge is -2.29. The van der Waals surface area contributed by atoms with Gasteiger partial charge in [-0.2, -0.15) is 0 Å². The lowest BCUT2D eigenvalue weighted by molar-refractivity contribution is 0.0376. The van der Waals surface area contributed by atoms with Gasteiger partial charge < -0.3 is 19.1 Å². The van der Waals surface area contributed by atoms with Crippen molar-refractivity contribution >= 4 is 28.5 Å². The summed E-state index contributed by atoms with van der Waals surface area (Å²) in [7, 11) is 3.34. The van der Waals surface area contributed by atoms with E-state index in [0.717, 1.165) is 73.9 Å². The van der Waals surface area contributed by atoms with Crippen molar-refractivity contribution in [2.75, 3.05) is 58.5 Å². The summed E-state index contributed by atoms with van der Waals surface area (Å²) < 4.78 is 16.5. The summed E-state index contributed by atoms with van der Waals surface area (Å²) in [6, 6.07) is 13.6. The lowest BCUT2D eigenvalue weighted by atomic mass is 10.1. The number of morpholine rings is 1. The van der Waals surface area contributed by atoms with E-state index in [0.29, 0.717) is 17.5 Å². The molecule has 4 rings (SSSR count). The molecule has 2 aromatic carbocycles. The Bertz CT molecular complexity index is 1040. The van der Waals surface area contributed by atoms with Crippen LogP contribution in [0, 0.1) is 0 Å². The van der Waals surface area contributed by atoms with Gasteiger partial charge in [-0.05, 0) is 36.8 Å². The van der Waals surface area contributed by atoms with Crippen molar-refractivity contribution in [1.82, 2.24) is 14.9 Å². The molecule has 0 aliphatic carbocycles. The number of hydrogen-bond donors (Lipinski definition) is 0. The van der Waals surface area contributed by atoms with Crippen LogP contribution < -0.4 is 14.4 Å². The molecule has 0 bridgehead atoms. The molecule has 7 nitrogen and oxygen atoms in total. The largest absolute Gasteiger partial charge is 0.497 e. The second-order valence-corrected chi connectivity index (χ2v) is 8.09. The first-order chi connectivity index (χ1) is 15.7. The van der Waals surface area contributed by atoms with Crippen LogP contribution in [0.1, 0.15) is 12.0 Å². The van der Waals surface area contributed by atoms with Crippen LogP contribution in [0.15, 0.2) is 42.5 Å². The van der Waals surface area contributed by atoms with E-state index < -0.39 is 0 Å². The third kappa shape index (κ3) is 5.41. The van der Waals surface area contributed by atoms with Crippen LogP contribution in [0.2, 0.25) is 5.15 Å². The van der Waals surface area contributed by atoms with Crippen LogP contribution in [0.25, 0.3) is 11.0 Å². The van der Waals surface area contributed by atoms with Crippen molar-refractivity contribution < 1.29 is 14.2 Å². The van der Waals surface area contributed by atoms with Crippen LogP contribution in [0.4, 0.5) is 5.82 Å². The number of fused-ring (bicyclic) bond motifs is 1. The first kappa shape index (κ1) is 22.6.